The molecule has 0 amide bonds. The highest BCUT2D eigenvalue weighted by Crippen LogP contribution is 2.17. The third kappa shape index (κ3) is 2.94. The van der Waals surface area contributed by atoms with Crippen molar-refractivity contribution in [3.8, 4) is 5.88 Å². The van der Waals surface area contributed by atoms with Crippen molar-refractivity contribution in [2.24, 2.45) is 0 Å². The molecule has 0 saturated carbocycles. The molecule has 6 nitrogen and oxygen atoms in total. The van der Waals surface area contributed by atoms with E-state index in [1.807, 2.05) is 0 Å². The summed E-state index contributed by atoms with van der Waals surface area (Å²) in [7, 11) is -1.54. The van der Waals surface area contributed by atoms with Crippen LogP contribution < -0.4 is 10.1 Å². The monoisotopic (exact) mass is 255 g/mol. The summed E-state index contributed by atoms with van der Waals surface area (Å²) in [5, 5.41) is 4.23. The zero-order chi connectivity index (χ0) is 12.5. The van der Waals surface area contributed by atoms with Gasteiger partial charge in [-0.3, -0.25) is 0 Å². The number of aryl methyl sites for hydroxylation is 1. The molecule has 1 unspecified atom stereocenters. The van der Waals surface area contributed by atoms with Gasteiger partial charge in [0.15, 0.2) is 9.84 Å². The lowest BCUT2D eigenvalue weighted by atomic mass is 10.3. The van der Waals surface area contributed by atoms with Crippen molar-refractivity contribution in [2.45, 2.75) is 13.0 Å². The Balaban J connectivity index is 2.15. The number of sulfone groups is 1. The Morgan fingerprint density at radius 2 is 2.24 bits per heavy atom. The second kappa shape index (κ2) is 4.33. The average molecular weight is 255 g/mol. The first-order valence-corrected chi connectivity index (χ1v) is 6.77. The predicted molar refractivity (Wildman–Crippen MR) is 63.7 cm³/mol. The molecule has 2 heterocycles. The maximum atomic E-state index is 11.2. The molecule has 0 bridgehead atoms. The van der Waals surface area contributed by atoms with Crippen molar-refractivity contribution >= 4 is 15.7 Å². The Hall–Kier alpha value is -1.63. The summed E-state index contributed by atoms with van der Waals surface area (Å²) in [6.45, 7) is 1.74. The van der Waals surface area contributed by atoms with E-state index in [2.05, 4.69) is 15.3 Å². The van der Waals surface area contributed by atoms with E-state index in [4.69, 9.17) is 4.74 Å². The molecule has 2 rings (SSSR count). The third-order valence-corrected chi connectivity index (χ3v) is 3.68. The largest absolute Gasteiger partial charge is 0.481 e. The van der Waals surface area contributed by atoms with E-state index >= 15 is 0 Å². The van der Waals surface area contributed by atoms with Crippen molar-refractivity contribution in [2.75, 3.05) is 18.2 Å². The van der Waals surface area contributed by atoms with Gasteiger partial charge in [0.25, 0.3) is 0 Å². The Labute approximate surface area is 99.7 Å². The first-order valence-electron chi connectivity index (χ1n) is 5.06. The van der Waals surface area contributed by atoms with Crippen LogP contribution in [0.1, 0.15) is 5.82 Å². The van der Waals surface area contributed by atoms with Gasteiger partial charge in [0.05, 0.1) is 18.9 Å². The van der Waals surface area contributed by atoms with E-state index in [0.717, 1.165) is 0 Å². The zero-order valence-corrected chi connectivity index (χ0v) is 10.4. The van der Waals surface area contributed by atoms with Crippen molar-refractivity contribution in [3.63, 3.8) is 0 Å². The molecule has 92 valence electrons. The van der Waals surface area contributed by atoms with Crippen molar-refractivity contribution < 1.29 is 13.2 Å². The number of hydrogen-bond acceptors (Lipinski definition) is 6. The Bertz CT molecular complexity index is 554. The minimum atomic E-state index is -3.06. The normalized spacial score (nSPS) is 21.4. The predicted octanol–water partition coefficient (Wildman–Crippen LogP) is 0.516. The van der Waals surface area contributed by atoms with Gasteiger partial charge in [-0.15, -0.1) is 0 Å². The molecule has 1 aromatic heterocycles. The van der Waals surface area contributed by atoms with Crippen LogP contribution in [0.5, 0.6) is 5.88 Å². The van der Waals surface area contributed by atoms with E-state index in [1.54, 1.807) is 19.1 Å². The van der Waals surface area contributed by atoms with Gasteiger partial charge in [0, 0.05) is 11.5 Å². The summed E-state index contributed by atoms with van der Waals surface area (Å²) in [4.78, 5) is 8.21. The van der Waals surface area contributed by atoms with Crippen LogP contribution in [0.3, 0.4) is 0 Å². The van der Waals surface area contributed by atoms with Crippen molar-refractivity contribution in [1.82, 2.24) is 9.97 Å². The second-order valence-electron chi connectivity index (χ2n) is 3.75. The lowest BCUT2D eigenvalue weighted by molar-refractivity contribution is 0.396. The summed E-state index contributed by atoms with van der Waals surface area (Å²) in [6.07, 6.45) is 1.61. The van der Waals surface area contributed by atoms with Crippen LogP contribution in [-0.2, 0) is 9.84 Å². The summed E-state index contributed by atoms with van der Waals surface area (Å²) < 4.78 is 27.5. The van der Waals surface area contributed by atoms with Gasteiger partial charge in [0.1, 0.15) is 11.6 Å². The molecule has 0 radical (unpaired) electrons. The quantitative estimate of drug-likeness (QED) is 0.847. The highest BCUT2D eigenvalue weighted by Gasteiger charge is 2.21. The first-order chi connectivity index (χ1) is 7.98. The molecule has 1 aliphatic rings. The van der Waals surface area contributed by atoms with Crippen LogP contribution in [0.15, 0.2) is 17.6 Å². The van der Waals surface area contributed by atoms with Crippen LogP contribution in [0.4, 0.5) is 5.82 Å². The van der Waals surface area contributed by atoms with Gasteiger partial charge in [-0.2, -0.15) is 4.98 Å². The lowest BCUT2D eigenvalue weighted by Crippen LogP contribution is -2.21. The van der Waals surface area contributed by atoms with Gasteiger partial charge >= 0.3 is 0 Å². The smallest absolute Gasteiger partial charge is 0.218 e. The van der Waals surface area contributed by atoms with Crippen molar-refractivity contribution in [1.29, 1.82) is 0 Å². The van der Waals surface area contributed by atoms with Crippen LogP contribution in [0.25, 0.3) is 0 Å². The minimum Gasteiger partial charge on any atom is -0.481 e. The maximum absolute atomic E-state index is 11.2. The van der Waals surface area contributed by atoms with Gasteiger partial charge < -0.3 is 10.1 Å². The number of nitrogens with zero attached hydrogens (tertiary/aromatic N) is 2. The van der Waals surface area contributed by atoms with E-state index in [-0.39, 0.29) is 11.8 Å². The molecule has 1 aliphatic heterocycles. The van der Waals surface area contributed by atoms with E-state index in [1.165, 1.54) is 12.5 Å². The van der Waals surface area contributed by atoms with Gasteiger partial charge in [0.2, 0.25) is 5.88 Å². The number of rotatable bonds is 3. The van der Waals surface area contributed by atoms with Crippen LogP contribution >= 0.6 is 0 Å². The number of anilines is 1. The third-order valence-electron chi connectivity index (χ3n) is 2.29. The highest BCUT2D eigenvalue weighted by molar-refractivity contribution is 7.94. The fourth-order valence-corrected chi connectivity index (χ4v) is 2.81. The Kier molecular flexibility index (Phi) is 3.01. The lowest BCUT2D eigenvalue weighted by Gasteiger charge is -2.11. The van der Waals surface area contributed by atoms with E-state index in [9.17, 15) is 8.42 Å². The van der Waals surface area contributed by atoms with E-state index in [0.29, 0.717) is 17.5 Å². The standard InChI is InChI=1S/C10H13N3O3S/c1-7-11-9(5-10(12-7)16-2)13-8-3-4-17(14,15)6-8/h3-5,8H,6H2,1-2H3,(H,11,12,13). The number of aromatic nitrogens is 2. The molecule has 0 saturated heterocycles. The summed E-state index contributed by atoms with van der Waals surface area (Å²) in [5.74, 6) is 1.63. The fourth-order valence-electron chi connectivity index (χ4n) is 1.57. The second-order valence-corrected chi connectivity index (χ2v) is 5.68. The molecular formula is C10H13N3O3S. The molecule has 1 N–H and O–H groups in total. The Morgan fingerprint density at radius 3 is 2.82 bits per heavy atom. The zero-order valence-electron chi connectivity index (χ0n) is 9.54. The fraction of sp³-hybridized carbons (Fsp3) is 0.400. The molecule has 0 fully saturated rings. The maximum Gasteiger partial charge on any atom is 0.218 e. The van der Waals surface area contributed by atoms with Gasteiger partial charge in [-0.05, 0) is 13.0 Å². The molecule has 0 aliphatic carbocycles. The summed E-state index contributed by atoms with van der Waals surface area (Å²) >= 11 is 0. The molecule has 7 heteroatoms. The minimum absolute atomic E-state index is 0.0539. The van der Waals surface area contributed by atoms with Crippen LogP contribution in [-0.4, -0.2) is 37.3 Å². The van der Waals surface area contributed by atoms with Crippen LogP contribution in [0, 0.1) is 6.92 Å². The first kappa shape index (κ1) is 11.8. The van der Waals surface area contributed by atoms with Crippen LogP contribution in [0.2, 0.25) is 0 Å². The topological polar surface area (TPSA) is 81.2 Å². The molecule has 17 heavy (non-hydrogen) atoms. The SMILES string of the molecule is COc1cc(NC2C=CS(=O)(=O)C2)nc(C)n1. The molecule has 1 atom stereocenters. The number of ether oxygens (including phenoxy) is 1. The molecule has 0 spiro atoms. The average Bonchev–Trinajstić information content (AvgIpc) is 2.57. The highest BCUT2D eigenvalue weighted by atomic mass is 32.2. The number of methoxy groups -OCH3 is 1. The summed E-state index contributed by atoms with van der Waals surface area (Å²) in [6, 6.07) is 1.38. The molecule has 0 aromatic carbocycles. The summed E-state index contributed by atoms with van der Waals surface area (Å²) in [5.41, 5.74) is 0. The Morgan fingerprint density at radius 1 is 1.47 bits per heavy atom. The number of hydrogen-bond donors (Lipinski definition) is 1. The van der Waals surface area contributed by atoms with E-state index < -0.39 is 9.84 Å². The number of nitrogens with one attached hydrogen (secondary N) is 1. The molecular weight excluding hydrogens is 242 g/mol. The van der Waals surface area contributed by atoms with Gasteiger partial charge in [-0.1, -0.05) is 0 Å². The molecule has 1 aromatic rings. The van der Waals surface area contributed by atoms with Gasteiger partial charge in [-0.25, -0.2) is 13.4 Å². The van der Waals surface area contributed by atoms with Crippen molar-refractivity contribution in [3.05, 3.63) is 23.4 Å².